The fraction of sp³-hybridized carbons (Fsp3) is 0.316. The van der Waals surface area contributed by atoms with E-state index >= 15 is 0 Å². The van der Waals surface area contributed by atoms with E-state index in [0.717, 1.165) is 42.0 Å². The van der Waals surface area contributed by atoms with Crippen LogP contribution in [0.25, 0.3) is 0 Å². The molecule has 1 aliphatic rings. The minimum atomic E-state index is -4.38. The topological polar surface area (TPSA) is 105 Å². The second-order valence-corrected chi connectivity index (χ2v) is 14.9. The van der Waals surface area contributed by atoms with Crippen molar-refractivity contribution in [3.63, 3.8) is 0 Å². The van der Waals surface area contributed by atoms with Crippen molar-refractivity contribution in [2.75, 3.05) is 25.1 Å². The van der Waals surface area contributed by atoms with Gasteiger partial charge in [-0.25, -0.2) is 8.42 Å². The minimum absolute atomic E-state index is 0.0113. The van der Waals surface area contributed by atoms with Gasteiger partial charge in [-0.2, -0.15) is 0 Å². The van der Waals surface area contributed by atoms with Crippen molar-refractivity contribution in [2.45, 2.75) is 62.0 Å². The van der Waals surface area contributed by atoms with Crippen molar-refractivity contribution in [3.8, 4) is 11.5 Å². The number of hydrogen-bond donors (Lipinski definition) is 1. The Labute approximate surface area is 304 Å². The lowest BCUT2D eigenvalue weighted by molar-refractivity contribution is -0.140. The predicted molar refractivity (Wildman–Crippen MR) is 196 cm³/mol. The zero-order valence-corrected chi connectivity index (χ0v) is 30.4. The lowest BCUT2D eigenvalue weighted by Crippen LogP contribution is -2.55. The third-order valence-corrected chi connectivity index (χ3v) is 11.2. The highest BCUT2D eigenvalue weighted by Gasteiger charge is 2.36. The van der Waals surface area contributed by atoms with E-state index in [1.54, 1.807) is 36.4 Å². The molecule has 50 heavy (non-hydrogen) atoms. The lowest BCUT2D eigenvalue weighted by atomic mass is 9.94. The van der Waals surface area contributed by atoms with Crippen LogP contribution in [0.1, 0.15) is 43.2 Å². The number of rotatable bonds is 14. The van der Waals surface area contributed by atoms with Gasteiger partial charge in [0.2, 0.25) is 11.8 Å². The first-order chi connectivity index (χ1) is 24.1. The number of ether oxygens (including phenoxy) is 2. The fourth-order valence-electron chi connectivity index (χ4n) is 6.15. The highest BCUT2D eigenvalue weighted by Crippen LogP contribution is 2.33. The Morgan fingerprint density at radius 2 is 1.50 bits per heavy atom. The fourth-order valence-corrected chi connectivity index (χ4v) is 7.90. The Kier molecular flexibility index (Phi) is 12.7. The molecule has 0 aromatic heterocycles. The Hall–Kier alpha value is -4.25. The van der Waals surface area contributed by atoms with E-state index in [1.807, 2.05) is 30.3 Å². The molecule has 4 aromatic carbocycles. The number of carbonyl (C=O) groups excluding carboxylic acids is 2. The van der Waals surface area contributed by atoms with Gasteiger partial charge in [-0.15, -0.1) is 0 Å². The van der Waals surface area contributed by atoms with E-state index in [1.165, 1.54) is 49.5 Å². The van der Waals surface area contributed by atoms with Gasteiger partial charge in [0.05, 0.1) is 24.8 Å². The Balaban J connectivity index is 1.58. The molecule has 1 aliphatic carbocycles. The molecule has 0 radical (unpaired) electrons. The molecule has 0 aliphatic heterocycles. The van der Waals surface area contributed by atoms with Gasteiger partial charge in [0, 0.05) is 35.1 Å². The monoisotopic (exact) mass is 737 g/mol. The Morgan fingerprint density at radius 1 is 0.840 bits per heavy atom. The van der Waals surface area contributed by atoms with Crippen LogP contribution in [0.2, 0.25) is 10.0 Å². The molecule has 1 atom stereocenters. The summed E-state index contributed by atoms with van der Waals surface area (Å²) in [7, 11) is -1.52. The molecule has 12 heteroatoms. The second kappa shape index (κ2) is 17.1. The van der Waals surface area contributed by atoms with Crippen LogP contribution < -0.4 is 19.1 Å². The molecule has 4 aromatic rings. The molecule has 9 nitrogen and oxygen atoms in total. The number of halogens is 2. The van der Waals surface area contributed by atoms with Gasteiger partial charge >= 0.3 is 0 Å². The van der Waals surface area contributed by atoms with Gasteiger partial charge in [0.25, 0.3) is 10.0 Å². The summed E-state index contributed by atoms with van der Waals surface area (Å²) in [6.45, 7) is -0.649. The van der Waals surface area contributed by atoms with E-state index < -0.39 is 28.5 Å². The van der Waals surface area contributed by atoms with Gasteiger partial charge in [-0.05, 0) is 66.4 Å². The number of hydrogen-bond acceptors (Lipinski definition) is 6. The van der Waals surface area contributed by atoms with Gasteiger partial charge in [0.1, 0.15) is 12.6 Å². The third kappa shape index (κ3) is 9.10. The molecule has 2 amide bonds. The molecule has 0 spiro atoms. The van der Waals surface area contributed by atoms with Gasteiger partial charge in [-0.3, -0.25) is 13.9 Å². The summed E-state index contributed by atoms with van der Waals surface area (Å²) in [6.07, 6.45) is 5.07. The maximum absolute atomic E-state index is 14.8. The van der Waals surface area contributed by atoms with Crippen molar-refractivity contribution >= 4 is 50.7 Å². The summed E-state index contributed by atoms with van der Waals surface area (Å²) in [5.41, 5.74) is 1.68. The summed E-state index contributed by atoms with van der Waals surface area (Å²) < 4.78 is 40.6. The SMILES string of the molecule is COc1ccc(S(=O)(=O)N(CC(=O)N(Cc2ccccc2Cl)[C@@H](Cc2ccccc2)C(=O)NC2CCCCC2)c2ccc(Cl)cc2)cc1OC. The van der Waals surface area contributed by atoms with Crippen LogP contribution in [-0.4, -0.2) is 58.0 Å². The molecule has 1 fully saturated rings. The number of methoxy groups -OCH3 is 2. The van der Waals surface area contributed by atoms with Gasteiger partial charge < -0.3 is 19.7 Å². The average molecular weight is 739 g/mol. The van der Waals surface area contributed by atoms with Crippen LogP contribution in [0.4, 0.5) is 5.69 Å². The molecule has 0 unspecified atom stereocenters. The van der Waals surface area contributed by atoms with Crippen LogP contribution in [0.15, 0.2) is 102 Å². The molecular formula is C38H41Cl2N3O6S. The molecule has 1 saturated carbocycles. The summed E-state index contributed by atoms with van der Waals surface area (Å²) in [6, 6.07) is 26.0. The van der Waals surface area contributed by atoms with Gasteiger partial charge in [-0.1, -0.05) is 91.0 Å². The number of amides is 2. The molecule has 0 saturated heterocycles. The van der Waals surface area contributed by atoms with Crippen LogP contribution in [-0.2, 0) is 32.6 Å². The summed E-state index contributed by atoms with van der Waals surface area (Å²) >= 11 is 12.8. The third-order valence-electron chi connectivity index (χ3n) is 8.86. The smallest absolute Gasteiger partial charge is 0.264 e. The number of anilines is 1. The number of sulfonamides is 1. The van der Waals surface area contributed by atoms with Crippen molar-refractivity contribution in [2.24, 2.45) is 0 Å². The normalized spacial score (nSPS) is 14.0. The molecular weight excluding hydrogens is 697 g/mol. The second-order valence-electron chi connectivity index (χ2n) is 12.2. The Morgan fingerprint density at radius 3 is 2.16 bits per heavy atom. The summed E-state index contributed by atoms with van der Waals surface area (Å²) in [4.78, 5) is 30.4. The Bertz CT molecular complexity index is 1870. The van der Waals surface area contributed by atoms with E-state index in [0.29, 0.717) is 21.4 Å². The largest absolute Gasteiger partial charge is 0.493 e. The lowest BCUT2D eigenvalue weighted by Gasteiger charge is -2.35. The average Bonchev–Trinajstić information content (AvgIpc) is 3.13. The molecule has 1 N–H and O–H groups in total. The number of nitrogens with zero attached hydrogens (tertiary/aromatic N) is 2. The van der Waals surface area contributed by atoms with E-state index in [4.69, 9.17) is 32.7 Å². The van der Waals surface area contributed by atoms with Crippen molar-refractivity contribution in [1.82, 2.24) is 10.2 Å². The standard InChI is InChI=1S/C38H41Cl2N3O6S/c1-48-35-22-21-32(24-36(35)49-2)50(46,47)43(31-19-17-29(39)18-20-31)26-37(44)42(25-28-13-9-10-16-33(28)40)34(23-27-11-5-3-6-12-27)38(45)41-30-14-7-4-8-15-30/h3,5-6,9-13,16-22,24,30,34H,4,7-8,14-15,23,25-26H2,1-2H3,(H,41,45)/t34-/m0/s1. The molecule has 0 heterocycles. The highest BCUT2D eigenvalue weighted by atomic mass is 35.5. The van der Waals surface area contributed by atoms with Crippen LogP contribution >= 0.6 is 23.2 Å². The quantitative estimate of drug-likeness (QED) is 0.146. The van der Waals surface area contributed by atoms with Crippen LogP contribution in [0, 0.1) is 0 Å². The zero-order valence-electron chi connectivity index (χ0n) is 28.1. The maximum Gasteiger partial charge on any atom is 0.264 e. The molecule has 0 bridgehead atoms. The maximum atomic E-state index is 14.8. The summed E-state index contributed by atoms with van der Waals surface area (Å²) in [5, 5.41) is 4.02. The molecule has 5 rings (SSSR count). The zero-order chi connectivity index (χ0) is 35.7. The number of carbonyl (C=O) groups is 2. The van der Waals surface area contributed by atoms with Crippen LogP contribution in [0.3, 0.4) is 0 Å². The first kappa shape index (κ1) is 37.0. The number of benzene rings is 4. The summed E-state index contributed by atoms with van der Waals surface area (Å²) in [5.74, 6) is -0.344. The van der Waals surface area contributed by atoms with Crippen molar-refractivity contribution < 1.29 is 27.5 Å². The number of nitrogens with one attached hydrogen (secondary N) is 1. The van der Waals surface area contributed by atoms with E-state index in [9.17, 15) is 18.0 Å². The van der Waals surface area contributed by atoms with E-state index in [-0.39, 0.29) is 41.2 Å². The van der Waals surface area contributed by atoms with Crippen LogP contribution in [0.5, 0.6) is 11.5 Å². The van der Waals surface area contributed by atoms with Crippen molar-refractivity contribution in [3.05, 3.63) is 118 Å². The first-order valence-electron chi connectivity index (χ1n) is 16.5. The first-order valence-corrected chi connectivity index (χ1v) is 18.7. The molecule has 264 valence electrons. The van der Waals surface area contributed by atoms with Gasteiger partial charge in [0.15, 0.2) is 11.5 Å². The highest BCUT2D eigenvalue weighted by molar-refractivity contribution is 7.92. The predicted octanol–water partition coefficient (Wildman–Crippen LogP) is 7.29. The van der Waals surface area contributed by atoms with E-state index in [2.05, 4.69) is 5.32 Å². The minimum Gasteiger partial charge on any atom is -0.493 e. The van der Waals surface area contributed by atoms with Crippen molar-refractivity contribution in [1.29, 1.82) is 0 Å².